The summed E-state index contributed by atoms with van der Waals surface area (Å²) in [6.45, 7) is 4.08. The summed E-state index contributed by atoms with van der Waals surface area (Å²) in [7, 11) is 0. The first-order valence-electron chi connectivity index (χ1n) is 7.22. The van der Waals surface area contributed by atoms with Crippen LogP contribution >= 0.6 is 15.9 Å². The lowest BCUT2D eigenvalue weighted by Crippen LogP contribution is -2.06. The van der Waals surface area contributed by atoms with Crippen LogP contribution in [0.25, 0.3) is 11.3 Å². The molecule has 0 saturated carbocycles. The predicted octanol–water partition coefficient (Wildman–Crippen LogP) is 3.58. The maximum Gasteiger partial charge on any atom is 0.306 e. The molecule has 0 unspecified atom stereocenters. The standard InChI is InChI=1S/C17H16BrN3O2/c1-3-23-16(22)5-4-12-7-14(15(8-19)20-9-12)17-11(2)6-13(18)10-21-17/h6-7,9-10H,3-5H2,1-2H3. The molecule has 0 amide bonds. The van der Waals surface area contributed by atoms with Gasteiger partial charge in [0.25, 0.3) is 0 Å². The Labute approximate surface area is 143 Å². The number of aryl methyl sites for hydroxylation is 2. The highest BCUT2D eigenvalue weighted by Gasteiger charge is 2.13. The first-order chi connectivity index (χ1) is 11.0. The summed E-state index contributed by atoms with van der Waals surface area (Å²) in [5.74, 6) is -0.239. The lowest BCUT2D eigenvalue weighted by Gasteiger charge is -2.09. The number of carbonyl (C=O) groups excluding carboxylic acids is 1. The largest absolute Gasteiger partial charge is 0.466 e. The molecule has 0 atom stereocenters. The second-order valence-electron chi connectivity index (χ2n) is 4.98. The first-order valence-corrected chi connectivity index (χ1v) is 8.01. The quantitative estimate of drug-likeness (QED) is 0.748. The molecule has 0 aliphatic rings. The molecule has 0 saturated heterocycles. The van der Waals surface area contributed by atoms with Crippen LogP contribution < -0.4 is 0 Å². The van der Waals surface area contributed by atoms with Gasteiger partial charge in [-0.1, -0.05) is 0 Å². The van der Waals surface area contributed by atoms with Gasteiger partial charge in [0.2, 0.25) is 0 Å². The second-order valence-corrected chi connectivity index (χ2v) is 5.89. The minimum atomic E-state index is -0.239. The lowest BCUT2D eigenvalue weighted by atomic mass is 10.0. The molecular formula is C17H16BrN3O2. The van der Waals surface area contributed by atoms with E-state index in [2.05, 4.69) is 32.0 Å². The van der Waals surface area contributed by atoms with Crippen molar-refractivity contribution in [1.29, 1.82) is 5.26 Å². The van der Waals surface area contributed by atoms with Gasteiger partial charge >= 0.3 is 5.97 Å². The minimum absolute atomic E-state index is 0.239. The Hall–Kier alpha value is -2.26. The normalized spacial score (nSPS) is 10.2. The zero-order chi connectivity index (χ0) is 16.8. The van der Waals surface area contributed by atoms with Crippen LogP contribution in [0.5, 0.6) is 0 Å². The average Bonchev–Trinajstić information content (AvgIpc) is 2.53. The summed E-state index contributed by atoms with van der Waals surface area (Å²) in [6.07, 6.45) is 4.11. The van der Waals surface area contributed by atoms with E-state index in [-0.39, 0.29) is 12.4 Å². The topological polar surface area (TPSA) is 75.9 Å². The number of nitrogens with zero attached hydrogens (tertiary/aromatic N) is 3. The molecular weight excluding hydrogens is 358 g/mol. The number of pyridine rings is 2. The Balaban J connectivity index is 2.33. The van der Waals surface area contributed by atoms with Crippen molar-refractivity contribution in [1.82, 2.24) is 9.97 Å². The lowest BCUT2D eigenvalue weighted by molar-refractivity contribution is -0.143. The van der Waals surface area contributed by atoms with Gasteiger partial charge < -0.3 is 4.74 Å². The van der Waals surface area contributed by atoms with Crippen molar-refractivity contribution in [2.75, 3.05) is 6.61 Å². The Morgan fingerprint density at radius 2 is 2.13 bits per heavy atom. The molecule has 0 N–H and O–H groups in total. The van der Waals surface area contributed by atoms with E-state index in [1.54, 1.807) is 19.3 Å². The van der Waals surface area contributed by atoms with Crippen LogP contribution in [0.15, 0.2) is 29.0 Å². The van der Waals surface area contributed by atoms with Crippen LogP contribution in [-0.2, 0) is 16.0 Å². The van der Waals surface area contributed by atoms with Gasteiger partial charge in [-0.05, 0) is 59.5 Å². The number of nitriles is 1. The Morgan fingerprint density at radius 1 is 1.35 bits per heavy atom. The van der Waals surface area contributed by atoms with Crippen LogP contribution in [0.3, 0.4) is 0 Å². The molecule has 2 rings (SSSR count). The summed E-state index contributed by atoms with van der Waals surface area (Å²) in [6, 6.07) is 5.90. The highest BCUT2D eigenvalue weighted by molar-refractivity contribution is 9.10. The Kier molecular flexibility index (Phi) is 5.83. The van der Waals surface area contributed by atoms with Crippen LogP contribution in [0.2, 0.25) is 0 Å². The molecule has 2 aromatic rings. The summed E-state index contributed by atoms with van der Waals surface area (Å²) in [5.41, 5.74) is 3.54. The van der Waals surface area contributed by atoms with Crippen LogP contribution in [0, 0.1) is 18.3 Å². The average molecular weight is 374 g/mol. The fourth-order valence-electron chi connectivity index (χ4n) is 2.22. The van der Waals surface area contributed by atoms with Gasteiger partial charge in [-0.25, -0.2) is 4.98 Å². The van der Waals surface area contributed by atoms with Crippen molar-refractivity contribution >= 4 is 21.9 Å². The van der Waals surface area contributed by atoms with Gasteiger partial charge in [0.05, 0.1) is 12.3 Å². The number of halogens is 1. The molecule has 0 radical (unpaired) electrons. The van der Waals surface area contributed by atoms with Crippen LogP contribution in [-0.4, -0.2) is 22.5 Å². The summed E-state index contributed by atoms with van der Waals surface area (Å²) >= 11 is 3.38. The first kappa shape index (κ1) is 17.1. The molecule has 5 nitrogen and oxygen atoms in total. The second kappa shape index (κ2) is 7.84. The van der Waals surface area contributed by atoms with E-state index in [0.717, 1.165) is 21.3 Å². The number of hydrogen-bond acceptors (Lipinski definition) is 5. The van der Waals surface area contributed by atoms with Crippen molar-refractivity contribution in [3.63, 3.8) is 0 Å². The van der Waals surface area contributed by atoms with Crippen molar-refractivity contribution < 1.29 is 9.53 Å². The fraction of sp³-hybridized carbons (Fsp3) is 0.294. The van der Waals surface area contributed by atoms with Crippen molar-refractivity contribution in [2.45, 2.75) is 26.7 Å². The SMILES string of the molecule is CCOC(=O)CCc1cnc(C#N)c(-c2ncc(Br)cc2C)c1. The van der Waals surface area contributed by atoms with Crippen molar-refractivity contribution in [2.24, 2.45) is 0 Å². The molecule has 6 heteroatoms. The number of rotatable bonds is 5. The zero-order valence-corrected chi connectivity index (χ0v) is 14.6. The summed E-state index contributed by atoms with van der Waals surface area (Å²) in [4.78, 5) is 20.1. The van der Waals surface area contributed by atoms with E-state index in [1.807, 2.05) is 19.1 Å². The Morgan fingerprint density at radius 3 is 2.78 bits per heavy atom. The molecule has 0 spiro atoms. The van der Waals surface area contributed by atoms with Crippen LogP contribution in [0.1, 0.15) is 30.2 Å². The molecule has 0 aliphatic heterocycles. The third-order valence-electron chi connectivity index (χ3n) is 3.27. The highest BCUT2D eigenvalue weighted by atomic mass is 79.9. The molecule has 2 aromatic heterocycles. The summed E-state index contributed by atoms with van der Waals surface area (Å²) < 4.78 is 5.80. The monoisotopic (exact) mass is 373 g/mol. The van der Waals surface area contributed by atoms with Gasteiger partial charge in [0, 0.05) is 28.9 Å². The molecule has 2 heterocycles. The Bertz CT molecular complexity index is 769. The van der Waals surface area contributed by atoms with E-state index < -0.39 is 0 Å². The van der Waals surface area contributed by atoms with E-state index in [9.17, 15) is 10.1 Å². The van der Waals surface area contributed by atoms with Gasteiger partial charge in [-0.2, -0.15) is 5.26 Å². The van der Waals surface area contributed by atoms with E-state index in [0.29, 0.717) is 24.3 Å². The van der Waals surface area contributed by atoms with E-state index in [4.69, 9.17) is 4.74 Å². The number of ether oxygens (including phenoxy) is 1. The number of carbonyl (C=O) groups is 1. The smallest absolute Gasteiger partial charge is 0.306 e. The van der Waals surface area contributed by atoms with Crippen molar-refractivity contribution in [3.05, 3.63) is 45.8 Å². The fourth-order valence-corrected chi connectivity index (χ4v) is 2.66. The molecule has 118 valence electrons. The third-order valence-corrected chi connectivity index (χ3v) is 3.71. The highest BCUT2D eigenvalue weighted by Crippen LogP contribution is 2.26. The molecule has 0 fully saturated rings. The van der Waals surface area contributed by atoms with Gasteiger partial charge in [0.15, 0.2) is 0 Å². The van der Waals surface area contributed by atoms with Gasteiger partial charge in [0.1, 0.15) is 11.8 Å². The number of aromatic nitrogens is 2. The summed E-state index contributed by atoms with van der Waals surface area (Å²) in [5, 5.41) is 9.28. The van der Waals surface area contributed by atoms with Crippen LogP contribution in [0.4, 0.5) is 0 Å². The minimum Gasteiger partial charge on any atom is -0.466 e. The number of hydrogen-bond donors (Lipinski definition) is 0. The third kappa shape index (κ3) is 4.36. The van der Waals surface area contributed by atoms with E-state index in [1.165, 1.54) is 0 Å². The predicted molar refractivity (Wildman–Crippen MR) is 89.6 cm³/mol. The maximum atomic E-state index is 11.5. The van der Waals surface area contributed by atoms with E-state index >= 15 is 0 Å². The molecule has 0 bridgehead atoms. The maximum absolute atomic E-state index is 11.5. The van der Waals surface area contributed by atoms with Crippen molar-refractivity contribution in [3.8, 4) is 17.3 Å². The zero-order valence-electron chi connectivity index (χ0n) is 13.0. The molecule has 23 heavy (non-hydrogen) atoms. The molecule has 0 aliphatic carbocycles. The molecule has 0 aromatic carbocycles. The van der Waals surface area contributed by atoms with Gasteiger partial charge in [-0.3, -0.25) is 9.78 Å². The number of esters is 1. The van der Waals surface area contributed by atoms with Gasteiger partial charge in [-0.15, -0.1) is 0 Å².